The van der Waals surface area contributed by atoms with Crippen molar-refractivity contribution < 1.29 is 9.53 Å². The second kappa shape index (κ2) is 4.76. The number of nitrogens with zero attached hydrogens (tertiary/aromatic N) is 1. The fraction of sp³-hybridized carbons (Fsp3) is 0.0909. The van der Waals surface area contributed by atoms with Crippen LogP contribution in [0.25, 0.3) is 0 Å². The average molecular weight is 234 g/mol. The van der Waals surface area contributed by atoms with Gasteiger partial charge in [-0.2, -0.15) is 0 Å². The maximum absolute atomic E-state index is 11.0. The van der Waals surface area contributed by atoms with Crippen LogP contribution in [0.4, 0.5) is 0 Å². The largest absolute Gasteiger partial charge is 0.487 e. The highest BCUT2D eigenvalue weighted by molar-refractivity contribution is 7.12. The van der Waals surface area contributed by atoms with Crippen molar-refractivity contribution in [3.63, 3.8) is 0 Å². The Bertz CT molecular complexity index is 482. The molecule has 82 valence electrons. The Morgan fingerprint density at radius 1 is 1.38 bits per heavy atom. The molecule has 2 aromatic heterocycles. The molecule has 2 N–H and O–H groups in total. The number of ether oxygens (including phenoxy) is 1. The van der Waals surface area contributed by atoms with Gasteiger partial charge in [0, 0.05) is 12.4 Å². The van der Waals surface area contributed by atoms with Gasteiger partial charge in [-0.1, -0.05) is 0 Å². The van der Waals surface area contributed by atoms with Gasteiger partial charge in [0.25, 0.3) is 5.91 Å². The number of nitrogens with two attached hydrogens (primary N) is 1. The van der Waals surface area contributed by atoms with Crippen molar-refractivity contribution in [1.82, 2.24) is 4.98 Å². The van der Waals surface area contributed by atoms with Gasteiger partial charge in [-0.3, -0.25) is 9.78 Å². The molecule has 2 aromatic rings. The van der Waals surface area contributed by atoms with Crippen LogP contribution in [0.2, 0.25) is 0 Å². The molecule has 0 aliphatic rings. The summed E-state index contributed by atoms with van der Waals surface area (Å²) in [4.78, 5) is 15.4. The summed E-state index contributed by atoms with van der Waals surface area (Å²) in [7, 11) is 0. The first-order chi connectivity index (χ1) is 7.77. The Labute approximate surface area is 96.7 Å². The highest BCUT2D eigenvalue weighted by Crippen LogP contribution is 2.24. The first-order valence-electron chi connectivity index (χ1n) is 4.66. The van der Waals surface area contributed by atoms with E-state index in [0.717, 1.165) is 5.56 Å². The summed E-state index contributed by atoms with van der Waals surface area (Å²) in [5, 5.41) is 1.78. The summed E-state index contributed by atoms with van der Waals surface area (Å²) in [6, 6.07) is 5.46. The van der Waals surface area contributed by atoms with Crippen molar-refractivity contribution in [2.75, 3.05) is 0 Å². The summed E-state index contributed by atoms with van der Waals surface area (Å²) < 4.78 is 5.51. The van der Waals surface area contributed by atoms with Crippen LogP contribution < -0.4 is 10.5 Å². The summed E-state index contributed by atoms with van der Waals surface area (Å²) >= 11 is 1.28. The van der Waals surface area contributed by atoms with Gasteiger partial charge in [0.15, 0.2) is 0 Å². The lowest BCUT2D eigenvalue weighted by Crippen LogP contribution is -2.10. The van der Waals surface area contributed by atoms with Crippen molar-refractivity contribution >= 4 is 17.2 Å². The van der Waals surface area contributed by atoms with Crippen LogP contribution in [-0.2, 0) is 6.61 Å². The molecule has 0 saturated carbocycles. The minimum absolute atomic E-state index is 0.402. The second-order valence-corrected chi connectivity index (χ2v) is 4.04. The molecule has 2 heterocycles. The van der Waals surface area contributed by atoms with Gasteiger partial charge in [0.05, 0.1) is 0 Å². The third-order valence-corrected chi connectivity index (χ3v) is 2.91. The molecule has 0 aliphatic heterocycles. The number of carbonyl (C=O) groups excluding carboxylic acids is 1. The number of primary amides is 1. The van der Waals surface area contributed by atoms with Crippen molar-refractivity contribution in [2.24, 2.45) is 5.73 Å². The van der Waals surface area contributed by atoms with E-state index in [1.165, 1.54) is 11.3 Å². The molecule has 0 unspecified atom stereocenters. The van der Waals surface area contributed by atoms with Crippen LogP contribution in [0.3, 0.4) is 0 Å². The van der Waals surface area contributed by atoms with Gasteiger partial charge in [0.2, 0.25) is 0 Å². The third kappa shape index (κ3) is 2.38. The lowest BCUT2D eigenvalue weighted by molar-refractivity contribution is 0.1000. The number of hydrogen-bond donors (Lipinski definition) is 1. The van der Waals surface area contributed by atoms with Gasteiger partial charge in [0.1, 0.15) is 17.2 Å². The van der Waals surface area contributed by atoms with E-state index in [4.69, 9.17) is 10.5 Å². The van der Waals surface area contributed by atoms with Gasteiger partial charge in [-0.25, -0.2) is 0 Å². The molecule has 4 nitrogen and oxygen atoms in total. The number of rotatable bonds is 4. The normalized spacial score (nSPS) is 10.0. The monoisotopic (exact) mass is 234 g/mol. The fourth-order valence-electron chi connectivity index (χ4n) is 1.23. The second-order valence-electron chi connectivity index (χ2n) is 3.12. The standard InChI is InChI=1S/C11H10N2O2S/c12-11(14)10-9(3-6-16-10)15-7-8-1-4-13-5-2-8/h1-6H,7H2,(H2,12,14). The Morgan fingerprint density at radius 2 is 2.12 bits per heavy atom. The van der Waals surface area contributed by atoms with Crippen molar-refractivity contribution in [3.05, 3.63) is 46.4 Å². The Hall–Kier alpha value is -1.88. The highest BCUT2D eigenvalue weighted by Gasteiger charge is 2.10. The number of aromatic nitrogens is 1. The van der Waals surface area contributed by atoms with E-state index >= 15 is 0 Å². The first-order valence-corrected chi connectivity index (χ1v) is 5.54. The Balaban J connectivity index is 2.05. The quantitative estimate of drug-likeness (QED) is 0.877. The molecule has 0 bridgehead atoms. The zero-order chi connectivity index (χ0) is 11.4. The summed E-state index contributed by atoms with van der Waals surface area (Å²) in [5.74, 6) is 0.0778. The van der Waals surface area contributed by atoms with E-state index in [0.29, 0.717) is 17.2 Å². The molecule has 0 radical (unpaired) electrons. The molecular weight excluding hydrogens is 224 g/mol. The average Bonchev–Trinajstić information content (AvgIpc) is 2.76. The summed E-state index contributed by atoms with van der Waals surface area (Å²) in [5.41, 5.74) is 6.21. The molecule has 0 fully saturated rings. The number of carbonyl (C=O) groups is 1. The van der Waals surface area contributed by atoms with E-state index < -0.39 is 5.91 Å². The predicted octanol–water partition coefficient (Wildman–Crippen LogP) is 1.82. The molecule has 0 atom stereocenters. The minimum Gasteiger partial charge on any atom is -0.487 e. The number of thiophene rings is 1. The van der Waals surface area contributed by atoms with E-state index in [1.54, 1.807) is 23.8 Å². The van der Waals surface area contributed by atoms with Crippen LogP contribution >= 0.6 is 11.3 Å². The molecule has 16 heavy (non-hydrogen) atoms. The zero-order valence-corrected chi connectivity index (χ0v) is 9.24. The van der Waals surface area contributed by atoms with Gasteiger partial charge in [-0.05, 0) is 29.1 Å². The van der Waals surface area contributed by atoms with Crippen LogP contribution in [0.1, 0.15) is 15.2 Å². The molecule has 5 heteroatoms. The van der Waals surface area contributed by atoms with Crippen molar-refractivity contribution in [2.45, 2.75) is 6.61 Å². The van der Waals surface area contributed by atoms with Crippen molar-refractivity contribution in [1.29, 1.82) is 0 Å². The van der Waals surface area contributed by atoms with E-state index in [1.807, 2.05) is 12.1 Å². The van der Waals surface area contributed by atoms with Crippen LogP contribution in [0.15, 0.2) is 36.0 Å². The summed E-state index contributed by atoms with van der Waals surface area (Å²) in [6.45, 7) is 0.402. The first kappa shape index (κ1) is 10.6. The molecule has 0 spiro atoms. The number of amides is 1. The minimum atomic E-state index is -0.459. The van der Waals surface area contributed by atoms with Crippen LogP contribution in [0.5, 0.6) is 5.75 Å². The van der Waals surface area contributed by atoms with Gasteiger partial charge in [-0.15, -0.1) is 11.3 Å². The van der Waals surface area contributed by atoms with Gasteiger partial charge < -0.3 is 10.5 Å². The van der Waals surface area contributed by atoms with Gasteiger partial charge >= 0.3 is 0 Å². The molecule has 0 aliphatic carbocycles. The predicted molar refractivity (Wildman–Crippen MR) is 61.4 cm³/mol. The SMILES string of the molecule is NC(=O)c1sccc1OCc1ccncc1. The van der Waals surface area contributed by atoms with Crippen molar-refractivity contribution in [3.8, 4) is 5.75 Å². The zero-order valence-electron chi connectivity index (χ0n) is 8.42. The summed E-state index contributed by atoms with van der Waals surface area (Å²) in [6.07, 6.45) is 3.39. The molecular formula is C11H10N2O2S. The van der Waals surface area contributed by atoms with E-state index in [2.05, 4.69) is 4.98 Å². The molecule has 0 saturated heterocycles. The smallest absolute Gasteiger partial charge is 0.262 e. The van der Waals surface area contributed by atoms with Crippen LogP contribution in [-0.4, -0.2) is 10.9 Å². The number of pyridine rings is 1. The lowest BCUT2D eigenvalue weighted by atomic mass is 10.3. The number of hydrogen-bond acceptors (Lipinski definition) is 4. The fourth-order valence-corrected chi connectivity index (χ4v) is 1.92. The topological polar surface area (TPSA) is 65.2 Å². The Kier molecular flexibility index (Phi) is 3.16. The van der Waals surface area contributed by atoms with E-state index in [-0.39, 0.29) is 0 Å². The maximum Gasteiger partial charge on any atom is 0.262 e. The molecule has 2 rings (SSSR count). The molecule has 1 amide bonds. The van der Waals surface area contributed by atoms with Crippen LogP contribution in [0, 0.1) is 0 Å². The molecule has 0 aromatic carbocycles. The maximum atomic E-state index is 11.0. The lowest BCUT2D eigenvalue weighted by Gasteiger charge is -2.05. The Morgan fingerprint density at radius 3 is 2.81 bits per heavy atom. The van der Waals surface area contributed by atoms with E-state index in [9.17, 15) is 4.79 Å². The third-order valence-electron chi connectivity index (χ3n) is 2.00. The highest BCUT2D eigenvalue weighted by atomic mass is 32.1.